The Kier molecular flexibility index (Phi) is 3.13. The maximum atomic E-state index is 5.75. The number of hydrogen-bond donors (Lipinski definition) is 2. The van der Waals surface area contributed by atoms with Crippen LogP contribution in [0.25, 0.3) is 0 Å². The Balaban J connectivity index is 1.78. The average molecular weight is 229 g/mol. The van der Waals surface area contributed by atoms with Gasteiger partial charge in [-0.2, -0.15) is 5.10 Å². The molecule has 0 bridgehead atoms. The molecule has 0 aliphatic carbocycles. The highest BCUT2D eigenvalue weighted by atomic mass is 35.5. The van der Waals surface area contributed by atoms with E-state index in [4.69, 9.17) is 11.6 Å². The van der Waals surface area contributed by atoms with Crippen LogP contribution in [0.3, 0.4) is 0 Å². The molecule has 0 unspecified atom stereocenters. The molecule has 0 amide bonds. The summed E-state index contributed by atoms with van der Waals surface area (Å²) in [6.07, 6.45) is 5.32. The van der Waals surface area contributed by atoms with Gasteiger partial charge in [-0.05, 0) is 0 Å². The van der Waals surface area contributed by atoms with Gasteiger partial charge in [0.15, 0.2) is 0 Å². The molecule has 0 radical (unpaired) electrons. The summed E-state index contributed by atoms with van der Waals surface area (Å²) in [5, 5.41) is 10.9. The highest BCUT2D eigenvalue weighted by molar-refractivity contribution is 7.15. The molecule has 2 aromatic rings. The van der Waals surface area contributed by atoms with Crippen molar-refractivity contribution >= 4 is 22.9 Å². The van der Waals surface area contributed by atoms with Gasteiger partial charge in [-0.15, -0.1) is 11.3 Å². The normalized spacial score (nSPS) is 10.6. The van der Waals surface area contributed by atoms with Gasteiger partial charge in [0.25, 0.3) is 0 Å². The topological polar surface area (TPSA) is 53.6 Å². The fraction of sp³-hybridized carbons (Fsp3) is 0.250. The number of aromatic nitrogens is 3. The second-order valence-electron chi connectivity index (χ2n) is 2.77. The zero-order valence-electron chi connectivity index (χ0n) is 7.33. The number of thiazole rings is 1. The van der Waals surface area contributed by atoms with Crippen LogP contribution >= 0.6 is 22.9 Å². The summed E-state index contributed by atoms with van der Waals surface area (Å²) in [7, 11) is 0. The second kappa shape index (κ2) is 4.54. The van der Waals surface area contributed by atoms with Gasteiger partial charge in [-0.1, -0.05) is 11.6 Å². The van der Waals surface area contributed by atoms with Crippen LogP contribution in [0.2, 0.25) is 4.34 Å². The van der Waals surface area contributed by atoms with E-state index in [1.54, 1.807) is 12.4 Å². The van der Waals surface area contributed by atoms with Crippen molar-refractivity contribution in [1.82, 2.24) is 20.5 Å². The molecule has 2 rings (SSSR count). The molecule has 0 aromatic carbocycles. The van der Waals surface area contributed by atoms with Crippen LogP contribution in [0, 0.1) is 0 Å². The molecule has 0 atom stereocenters. The van der Waals surface area contributed by atoms with Gasteiger partial charge < -0.3 is 5.32 Å². The monoisotopic (exact) mass is 228 g/mol. The fourth-order valence-electron chi connectivity index (χ4n) is 1.06. The van der Waals surface area contributed by atoms with E-state index in [9.17, 15) is 0 Å². The molecular formula is C8H9ClN4S. The van der Waals surface area contributed by atoms with E-state index in [1.165, 1.54) is 11.3 Å². The molecule has 0 spiro atoms. The van der Waals surface area contributed by atoms with Crippen molar-refractivity contribution in [3.05, 3.63) is 33.5 Å². The van der Waals surface area contributed by atoms with E-state index in [1.807, 2.05) is 6.20 Å². The molecule has 0 saturated carbocycles. The highest BCUT2D eigenvalue weighted by Gasteiger charge is 1.99. The van der Waals surface area contributed by atoms with E-state index in [-0.39, 0.29) is 0 Å². The molecule has 4 nitrogen and oxygen atoms in total. The van der Waals surface area contributed by atoms with Crippen LogP contribution in [0.15, 0.2) is 18.6 Å². The number of H-pyrrole nitrogens is 1. The Hall–Kier alpha value is -0.910. The lowest BCUT2D eigenvalue weighted by molar-refractivity contribution is 0.690. The minimum absolute atomic E-state index is 0.727. The largest absolute Gasteiger partial charge is 0.306 e. The maximum absolute atomic E-state index is 5.75. The summed E-state index contributed by atoms with van der Waals surface area (Å²) in [6, 6.07) is 0. The summed E-state index contributed by atoms with van der Waals surface area (Å²) in [4.78, 5) is 4.14. The molecule has 0 fully saturated rings. The zero-order chi connectivity index (χ0) is 9.80. The van der Waals surface area contributed by atoms with E-state index < -0.39 is 0 Å². The molecule has 74 valence electrons. The summed E-state index contributed by atoms with van der Waals surface area (Å²) in [6.45, 7) is 1.52. The van der Waals surface area contributed by atoms with E-state index >= 15 is 0 Å². The first-order chi connectivity index (χ1) is 6.84. The number of nitrogens with one attached hydrogen (secondary N) is 2. The lowest BCUT2D eigenvalue weighted by Gasteiger charge is -1.98. The third-order valence-electron chi connectivity index (χ3n) is 1.69. The molecule has 0 saturated heterocycles. The van der Waals surface area contributed by atoms with E-state index in [0.29, 0.717) is 0 Å². The predicted molar refractivity (Wildman–Crippen MR) is 56.3 cm³/mol. The molecule has 6 heteroatoms. The molecule has 2 N–H and O–H groups in total. The molecule has 0 aliphatic heterocycles. The summed E-state index contributed by atoms with van der Waals surface area (Å²) < 4.78 is 0.727. The minimum Gasteiger partial charge on any atom is -0.306 e. The Bertz CT molecular complexity index is 384. The minimum atomic E-state index is 0.727. The summed E-state index contributed by atoms with van der Waals surface area (Å²) in [5.74, 6) is 0. The van der Waals surface area contributed by atoms with Crippen molar-refractivity contribution in [3.8, 4) is 0 Å². The second-order valence-corrected chi connectivity index (χ2v) is 4.51. The van der Waals surface area contributed by atoms with Crippen LogP contribution in [-0.4, -0.2) is 15.2 Å². The Labute approximate surface area is 90.3 Å². The van der Waals surface area contributed by atoms with Crippen molar-refractivity contribution in [2.45, 2.75) is 13.1 Å². The standard InChI is InChI=1S/C8H9ClN4S/c9-7-4-11-8(14-7)5-10-1-6-2-12-13-3-6/h2-4,10H,1,5H2,(H,12,13). The molecule has 0 aliphatic rings. The Morgan fingerprint density at radius 1 is 1.43 bits per heavy atom. The molecule has 2 heterocycles. The van der Waals surface area contributed by atoms with Gasteiger partial charge in [0.2, 0.25) is 0 Å². The predicted octanol–water partition coefficient (Wildman–Crippen LogP) is 1.81. The molecule has 2 aromatic heterocycles. The van der Waals surface area contributed by atoms with Gasteiger partial charge in [0, 0.05) is 24.8 Å². The van der Waals surface area contributed by atoms with Gasteiger partial charge in [-0.25, -0.2) is 4.98 Å². The Morgan fingerprint density at radius 2 is 2.36 bits per heavy atom. The number of hydrogen-bond acceptors (Lipinski definition) is 4. The van der Waals surface area contributed by atoms with Crippen LogP contribution in [0.4, 0.5) is 0 Å². The van der Waals surface area contributed by atoms with E-state index in [0.717, 1.165) is 28.0 Å². The quantitative estimate of drug-likeness (QED) is 0.839. The van der Waals surface area contributed by atoms with Crippen LogP contribution in [-0.2, 0) is 13.1 Å². The van der Waals surface area contributed by atoms with Crippen molar-refractivity contribution in [3.63, 3.8) is 0 Å². The van der Waals surface area contributed by atoms with Crippen LogP contribution < -0.4 is 5.32 Å². The van der Waals surface area contributed by atoms with Crippen molar-refractivity contribution in [1.29, 1.82) is 0 Å². The molecular weight excluding hydrogens is 220 g/mol. The maximum Gasteiger partial charge on any atom is 0.113 e. The highest BCUT2D eigenvalue weighted by Crippen LogP contribution is 2.17. The van der Waals surface area contributed by atoms with Gasteiger partial charge in [-0.3, -0.25) is 5.10 Å². The van der Waals surface area contributed by atoms with Crippen LogP contribution in [0.1, 0.15) is 10.6 Å². The number of halogens is 1. The smallest absolute Gasteiger partial charge is 0.113 e. The zero-order valence-corrected chi connectivity index (χ0v) is 8.90. The lowest BCUT2D eigenvalue weighted by Crippen LogP contribution is -2.11. The van der Waals surface area contributed by atoms with Crippen molar-refractivity contribution in [2.75, 3.05) is 0 Å². The number of nitrogens with zero attached hydrogens (tertiary/aromatic N) is 2. The lowest BCUT2D eigenvalue weighted by atomic mass is 10.3. The van der Waals surface area contributed by atoms with Gasteiger partial charge in [0.05, 0.1) is 12.4 Å². The average Bonchev–Trinajstić information content (AvgIpc) is 2.77. The van der Waals surface area contributed by atoms with Gasteiger partial charge >= 0.3 is 0 Å². The third kappa shape index (κ3) is 2.54. The first-order valence-corrected chi connectivity index (χ1v) is 5.32. The first kappa shape index (κ1) is 9.64. The number of aromatic amines is 1. The first-order valence-electron chi connectivity index (χ1n) is 4.13. The van der Waals surface area contributed by atoms with Crippen LogP contribution in [0.5, 0.6) is 0 Å². The number of rotatable bonds is 4. The van der Waals surface area contributed by atoms with Crippen molar-refractivity contribution < 1.29 is 0 Å². The molecule has 14 heavy (non-hydrogen) atoms. The summed E-state index contributed by atoms with van der Waals surface area (Å²) in [5.41, 5.74) is 1.13. The van der Waals surface area contributed by atoms with Crippen molar-refractivity contribution in [2.24, 2.45) is 0 Å². The van der Waals surface area contributed by atoms with E-state index in [2.05, 4.69) is 20.5 Å². The Morgan fingerprint density at radius 3 is 3.00 bits per heavy atom. The van der Waals surface area contributed by atoms with Gasteiger partial charge in [0.1, 0.15) is 9.34 Å². The third-order valence-corrected chi connectivity index (χ3v) is 2.80. The fourth-order valence-corrected chi connectivity index (χ4v) is 1.98. The summed E-state index contributed by atoms with van der Waals surface area (Å²) >= 11 is 7.25. The SMILES string of the molecule is Clc1cnc(CNCc2cn[nH]c2)s1.